The molecule has 0 aliphatic rings. The molecule has 152 valence electrons. The molecular weight excluding hydrogens is 470 g/mol. The van der Waals surface area contributed by atoms with Gasteiger partial charge in [-0.25, -0.2) is 14.6 Å². The van der Waals surface area contributed by atoms with Crippen molar-refractivity contribution in [2.24, 2.45) is 0 Å². The molecule has 0 saturated carbocycles. The molecule has 2 heterocycles. The van der Waals surface area contributed by atoms with Crippen LogP contribution in [0.15, 0.2) is 94.9 Å². The topological polar surface area (TPSA) is 56.5 Å². The van der Waals surface area contributed by atoms with Crippen LogP contribution in [0, 0.1) is 0 Å². The van der Waals surface area contributed by atoms with Gasteiger partial charge >= 0.3 is 0 Å². The maximum atomic E-state index is 4.55. The molecule has 0 fully saturated rings. The average molecular weight is 488 g/mol. The van der Waals surface area contributed by atoms with E-state index in [1.54, 1.807) is 18.1 Å². The molecule has 2 aromatic heterocycles. The van der Waals surface area contributed by atoms with E-state index in [1.165, 1.54) is 16.3 Å². The van der Waals surface area contributed by atoms with Crippen molar-refractivity contribution in [3.63, 3.8) is 0 Å². The molecule has 0 bridgehead atoms. The highest BCUT2D eigenvalue weighted by molar-refractivity contribution is 9.10. The van der Waals surface area contributed by atoms with E-state index in [2.05, 4.69) is 84.7 Å². The van der Waals surface area contributed by atoms with Crippen molar-refractivity contribution in [3.8, 4) is 11.1 Å². The third-order valence-electron chi connectivity index (χ3n) is 4.99. The van der Waals surface area contributed by atoms with Crippen LogP contribution in [0.3, 0.4) is 0 Å². The Kier molecular flexibility index (Phi) is 5.78. The summed E-state index contributed by atoms with van der Waals surface area (Å²) in [6, 6.07) is 22.9. The fourth-order valence-electron chi connectivity index (χ4n) is 3.50. The van der Waals surface area contributed by atoms with Crippen LogP contribution in [0.2, 0.25) is 0 Å². The molecule has 0 N–H and O–H groups in total. The smallest absolute Gasteiger partial charge is 0.116 e. The van der Waals surface area contributed by atoms with Crippen LogP contribution in [0.4, 0.5) is 0 Å². The Hall–Kier alpha value is -3.03. The van der Waals surface area contributed by atoms with E-state index in [4.69, 9.17) is 0 Å². The van der Waals surface area contributed by atoms with Crippen LogP contribution in [0.25, 0.3) is 21.9 Å². The van der Waals surface area contributed by atoms with E-state index >= 15 is 0 Å². The van der Waals surface area contributed by atoms with Gasteiger partial charge in [-0.2, -0.15) is 0 Å². The molecule has 5 aromatic rings. The highest BCUT2D eigenvalue weighted by atomic mass is 79.9. The van der Waals surface area contributed by atoms with Crippen molar-refractivity contribution in [3.05, 3.63) is 101 Å². The van der Waals surface area contributed by atoms with Gasteiger partial charge in [-0.1, -0.05) is 93.6 Å². The predicted octanol–water partition coefficient (Wildman–Crippen LogP) is 5.99. The van der Waals surface area contributed by atoms with Gasteiger partial charge in [0.1, 0.15) is 11.4 Å². The Bertz CT molecular complexity index is 1350. The van der Waals surface area contributed by atoms with Gasteiger partial charge in [0.25, 0.3) is 0 Å². The van der Waals surface area contributed by atoms with E-state index < -0.39 is 0 Å². The molecule has 0 amide bonds. The summed E-state index contributed by atoms with van der Waals surface area (Å²) in [5.74, 6) is 0.685. The zero-order valence-electron chi connectivity index (χ0n) is 16.5. The van der Waals surface area contributed by atoms with Crippen molar-refractivity contribution in [1.29, 1.82) is 0 Å². The van der Waals surface area contributed by atoms with Crippen molar-refractivity contribution in [2.75, 3.05) is 0 Å². The fraction of sp³-hybridized carbons (Fsp3) is 0.0833. The molecule has 0 aliphatic carbocycles. The van der Waals surface area contributed by atoms with Crippen LogP contribution in [0.5, 0.6) is 0 Å². The van der Waals surface area contributed by atoms with E-state index in [1.807, 2.05) is 35.3 Å². The number of halogens is 1. The largest absolute Gasteiger partial charge is 0.248 e. The number of hydrogen-bond acceptors (Lipinski definition) is 5. The van der Waals surface area contributed by atoms with Crippen molar-refractivity contribution in [1.82, 2.24) is 25.0 Å². The van der Waals surface area contributed by atoms with E-state index in [0.29, 0.717) is 12.3 Å². The summed E-state index contributed by atoms with van der Waals surface area (Å²) < 4.78 is 2.93. The highest BCUT2D eigenvalue weighted by Crippen LogP contribution is 2.34. The lowest BCUT2D eigenvalue weighted by Crippen LogP contribution is -2.00. The van der Waals surface area contributed by atoms with Gasteiger partial charge in [0.15, 0.2) is 0 Å². The summed E-state index contributed by atoms with van der Waals surface area (Å²) in [7, 11) is 0. The van der Waals surface area contributed by atoms with Gasteiger partial charge < -0.3 is 0 Å². The van der Waals surface area contributed by atoms with Gasteiger partial charge in [-0.3, -0.25) is 0 Å². The van der Waals surface area contributed by atoms with Gasteiger partial charge in [0.2, 0.25) is 0 Å². The molecule has 0 spiro atoms. The summed E-state index contributed by atoms with van der Waals surface area (Å²) in [4.78, 5) is 8.84. The SMILES string of the molecule is Brc1ccccc1Cn1cc(CSc2ncncc2-c2cccc3ccccc23)nn1. The predicted molar refractivity (Wildman–Crippen MR) is 128 cm³/mol. The number of rotatable bonds is 6. The van der Waals surface area contributed by atoms with Crippen LogP contribution in [-0.4, -0.2) is 25.0 Å². The third kappa shape index (κ3) is 4.38. The van der Waals surface area contributed by atoms with Crippen molar-refractivity contribution >= 4 is 38.5 Å². The fourth-order valence-corrected chi connectivity index (χ4v) is 4.77. The molecule has 0 radical (unpaired) electrons. The Balaban J connectivity index is 1.37. The first-order valence-corrected chi connectivity index (χ1v) is 11.6. The second-order valence-electron chi connectivity index (χ2n) is 7.06. The lowest BCUT2D eigenvalue weighted by molar-refractivity contribution is 0.648. The van der Waals surface area contributed by atoms with E-state index in [0.717, 1.165) is 26.3 Å². The van der Waals surface area contributed by atoms with Crippen molar-refractivity contribution < 1.29 is 0 Å². The Morgan fingerprint density at radius 3 is 2.68 bits per heavy atom. The lowest BCUT2D eigenvalue weighted by atomic mass is 10.0. The normalized spacial score (nSPS) is 11.1. The van der Waals surface area contributed by atoms with E-state index in [-0.39, 0.29) is 0 Å². The zero-order chi connectivity index (χ0) is 21.0. The number of thioether (sulfide) groups is 1. The zero-order valence-corrected chi connectivity index (χ0v) is 18.9. The van der Waals surface area contributed by atoms with Crippen LogP contribution in [-0.2, 0) is 12.3 Å². The summed E-state index contributed by atoms with van der Waals surface area (Å²) in [5, 5.41) is 12.0. The van der Waals surface area contributed by atoms with Crippen LogP contribution < -0.4 is 0 Å². The number of hydrogen-bond donors (Lipinski definition) is 0. The Morgan fingerprint density at radius 1 is 0.903 bits per heavy atom. The van der Waals surface area contributed by atoms with Gasteiger partial charge in [0, 0.05) is 28.2 Å². The highest BCUT2D eigenvalue weighted by Gasteiger charge is 2.12. The first kappa shape index (κ1) is 19.9. The number of fused-ring (bicyclic) bond motifs is 1. The minimum Gasteiger partial charge on any atom is -0.248 e. The second-order valence-corrected chi connectivity index (χ2v) is 8.87. The molecular formula is C24H18BrN5S. The summed E-state index contributed by atoms with van der Waals surface area (Å²) >= 11 is 5.24. The first-order valence-electron chi connectivity index (χ1n) is 9.81. The lowest BCUT2D eigenvalue weighted by Gasteiger charge is -2.10. The van der Waals surface area contributed by atoms with E-state index in [9.17, 15) is 0 Å². The maximum Gasteiger partial charge on any atom is 0.116 e. The summed E-state index contributed by atoms with van der Waals surface area (Å²) in [5.41, 5.74) is 4.25. The molecule has 5 rings (SSSR count). The number of nitrogens with zero attached hydrogens (tertiary/aromatic N) is 5. The molecule has 0 saturated heterocycles. The van der Waals surface area contributed by atoms with Gasteiger partial charge in [-0.15, -0.1) is 5.10 Å². The average Bonchev–Trinajstić information content (AvgIpc) is 3.26. The van der Waals surface area contributed by atoms with Crippen molar-refractivity contribution in [2.45, 2.75) is 17.3 Å². The molecule has 7 heteroatoms. The van der Waals surface area contributed by atoms with Crippen LogP contribution >= 0.6 is 27.7 Å². The molecule has 3 aromatic carbocycles. The van der Waals surface area contributed by atoms with Crippen LogP contribution in [0.1, 0.15) is 11.3 Å². The molecule has 0 unspecified atom stereocenters. The maximum absolute atomic E-state index is 4.55. The number of aromatic nitrogens is 5. The number of benzene rings is 3. The monoisotopic (exact) mass is 487 g/mol. The summed E-state index contributed by atoms with van der Waals surface area (Å²) in [6.07, 6.45) is 5.48. The quantitative estimate of drug-likeness (QED) is 0.217. The minimum absolute atomic E-state index is 0.674. The molecule has 0 atom stereocenters. The molecule has 5 nitrogen and oxygen atoms in total. The standard InChI is InChI=1S/C24H18BrN5S/c25-23-11-4-2-7-18(23)13-30-14-19(28-29-30)15-31-24-22(12-26-16-27-24)21-10-5-8-17-6-1-3-9-20(17)21/h1-12,14,16H,13,15H2. The Morgan fingerprint density at radius 2 is 1.74 bits per heavy atom. The van der Waals surface area contributed by atoms with Gasteiger partial charge in [0.05, 0.1) is 12.2 Å². The second kappa shape index (κ2) is 8.99. The minimum atomic E-state index is 0.674. The third-order valence-corrected chi connectivity index (χ3v) is 6.80. The summed E-state index contributed by atoms with van der Waals surface area (Å²) in [6.45, 7) is 0.674. The molecule has 0 aliphatic heterocycles. The van der Waals surface area contributed by atoms with Gasteiger partial charge in [-0.05, 0) is 28.0 Å². The Labute approximate surface area is 192 Å². The first-order chi connectivity index (χ1) is 15.3. The molecule has 31 heavy (non-hydrogen) atoms.